The van der Waals surface area contributed by atoms with Gasteiger partial charge in [0.15, 0.2) is 0 Å². The molecule has 3 atom stereocenters. The Balaban J connectivity index is 1.84. The number of hydrogen-bond donors (Lipinski definition) is 2. The second-order valence-corrected chi connectivity index (χ2v) is 6.70. The number of amides is 2. The summed E-state index contributed by atoms with van der Waals surface area (Å²) in [5.41, 5.74) is 0. The molecule has 2 saturated heterocycles. The molecule has 0 aromatic rings. The zero-order chi connectivity index (χ0) is 16.1. The van der Waals surface area contributed by atoms with E-state index in [2.05, 4.69) is 10.6 Å². The Morgan fingerprint density at radius 2 is 2.18 bits per heavy atom. The molecule has 0 aromatic heterocycles. The number of hydrogen-bond acceptors (Lipinski definition) is 4. The van der Waals surface area contributed by atoms with Gasteiger partial charge in [0, 0.05) is 32.1 Å². The maximum absolute atomic E-state index is 12.7. The van der Waals surface area contributed by atoms with E-state index in [1.165, 1.54) is 0 Å². The molecule has 0 spiro atoms. The number of likely N-dealkylation sites (tertiary alicyclic amines) is 1. The van der Waals surface area contributed by atoms with Crippen molar-refractivity contribution in [1.82, 2.24) is 15.5 Å². The Labute approximate surface area is 132 Å². The number of carbonyl (C=O) groups excluding carboxylic acids is 2. The van der Waals surface area contributed by atoms with Crippen LogP contribution in [0.5, 0.6) is 0 Å². The number of ether oxygens (including phenoxy) is 1. The molecule has 0 bridgehead atoms. The third kappa shape index (κ3) is 4.43. The maximum atomic E-state index is 12.7. The minimum Gasteiger partial charge on any atom is -0.375 e. The van der Waals surface area contributed by atoms with Crippen molar-refractivity contribution in [3.05, 3.63) is 0 Å². The fourth-order valence-corrected chi connectivity index (χ4v) is 3.09. The summed E-state index contributed by atoms with van der Waals surface area (Å²) in [4.78, 5) is 26.3. The lowest BCUT2D eigenvalue weighted by atomic mass is 9.96. The first-order valence-corrected chi connectivity index (χ1v) is 8.40. The van der Waals surface area contributed by atoms with Crippen molar-refractivity contribution >= 4 is 11.8 Å². The molecule has 2 N–H and O–H groups in total. The summed E-state index contributed by atoms with van der Waals surface area (Å²) in [6.45, 7) is 9.30. The fourth-order valence-electron chi connectivity index (χ4n) is 3.09. The van der Waals surface area contributed by atoms with Gasteiger partial charge >= 0.3 is 0 Å². The molecule has 0 saturated carbocycles. The van der Waals surface area contributed by atoms with E-state index in [4.69, 9.17) is 4.74 Å². The Hall–Kier alpha value is -1.14. The minimum absolute atomic E-state index is 0.00534. The van der Waals surface area contributed by atoms with Gasteiger partial charge in [-0.05, 0) is 25.7 Å². The molecule has 2 aliphatic heterocycles. The van der Waals surface area contributed by atoms with Gasteiger partial charge in [-0.25, -0.2) is 0 Å². The first-order valence-electron chi connectivity index (χ1n) is 8.40. The zero-order valence-corrected chi connectivity index (χ0v) is 13.9. The molecule has 6 nitrogen and oxygen atoms in total. The lowest BCUT2D eigenvalue weighted by Crippen LogP contribution is -2.58. The molecule has 2 amide bonds. The van der Waals surface area contributed by atoms with E-state index in [0.717, 1.165) is 32.5 Å². The van der Waals surface area contributed by atoms with Crippen molar-refractivity contribution in [2.45, 2.75) is 45.8 Å². The predicted molar refractivity (Wildman–Crippen MR) is 84.4 cm³/mol. The molecule has 2 rings (SSSR count). The van der Waals surface area contributed by atoms with E-state index in [1.54, 1.807) is 0 Å². The van der Waals surface area contributed by atoms with Gasteiger partial charge in [0.05, 0.1) is 12.7 Å². The van der Waals surface area contributed by atoms with Gasteiger partial charge in [-0.15, -0.1) is 0 Å². The fraction of sp³-hybridized carbons (Fsp3) is 0.875. The Morgan fingerprint density at radius 3 is 2.86 bits per heavy atom. The summed E-state index contributed by atoms with van der Waals surface area (Å²) in [7, 11) is 0. The number of piperidine rings is 1. The van der Waals surface area contributed by atoms with Crippen molar-refractivity contribution in [2.24, 2.45) is 11.8 Å². The number of nitrogens with one attached hydrogen (secondary N) is 2. The topological polar surface area (TPSA) is 70.7 Å². The zero-order valence-electron chi connectivity index (χ0n) is 13.9. The maximum Gasteiger partial charge on any atom is 0.242 e. The van der Waals surface area contributed by atoms with Crippen LogP contribution in [0.15, 0.2) is 0 Å². The van der Waals surface area contributed by atoms with Crippen molar-refractivity contribution in [1.29, 1.82) is 0 Å². The van der Waals surface area contributed by atoms with Crippen molar-refractivity contribution in [3.63, 3.8) is 0 Å². The van der Waals surface area contributed by atoms with Crippen LogP contribution in [0, 0.1) is 11.8 Å². The van der Waals surface area contributed by atoms with Crippen LogP contribution in [-0.4, -0.2) is 61.6 Å². The highest BCUT2D eigenvalue weighted by Gasteiger charge is 2.34. The molecule has 126 valence electrons. The minimum atomic E-state index is -0.238. The molecule has 1 unspecified atom stereocenters. The van der Waals surface area contributed by atoms with Crippen LogP contribution >= 0.6 is 0 Å². The second kappa shape index (κ2) is 7.92. The van der Waals surface area contributed by atoms with Crippen molar-refractivity contribution < 1.29 is 14.3 Å². The van der Waals surface area contributed by atoms with Gasteiger partial charge in [-0.2, -0.15) is 0 Å². The van der Waals surface area contributed by atoms with Crippen LogP contribution in [0.3, 0.4) is 0 Å². The summed E-state index contributed by atoms with van der Waals surface area (Å²) in [5.74, 6) is 0.567. The standard InChI is InChI=1S/C16H29N3O3/c1-11(2)15(20)18-9-13-5-4-7-19(10-13)16(21)14-12(3)22-8-6-17-14/h11-14,17H,4-10H2,1-3H3,(H,18,20)/t12-,13?,14+/m1/s1. The largest absolute Gasteiger partial charge is 0.375 e. The van der Waals surface area contributed by atoms with Crippen molar-refractivity contribution in [2.75, 3.05) is 32.8 Å². The van der Waals surface area contributed by atoms with E-state index >= 15 is 0 Å². The number of nitrogens with zero attached hydrogens (tertiary/aromatic N) is 1. The molecular weight excluding hydrogens is 282 g/mol. The van der Waals surface area contributed by atoms with Gasteiger partial charge in [-0.1, -0.05) is 13.8 Å². The van der Waals surface area contributed by atoms with Crippen LogP contribution in [0.25, 0.3) is 0 Å². The Kier molecular flexibility index (Phi) is 6.20. The van der Waals surface area contributed by atoms with Gasteiger partial charge < -0.3 is 20.3 Å². The number of rotatable bonds is 4. The van der Waals surface area contributed by atoms with Gasteiger partial charge in [0.2, 0.25) is 11.8 Å². The second-order valence-electron chi connectivity index (χ2n) is 6.70. The molecule has 0 aliphatic carbocycles. The summed E-state index contributed by atoms with van der Waals surface area (Å²) >= 11 is 0. The quantitative estimate of drug-likeness (QED) is 0.787. The highest BCUT2D eigenvalue weighted by molar-refractivity contribution is 5.82. The van der Waals surface area contributed by atoms with Crippen LogP contribution < -0.4 is 10.6 Å². The molecule has 0 aromatic carbocycles. The van der Waals surface area contributed by atoms with E-state index in [1.807, 2.05) is 25.7 Å². The third-order valence-electron chi connectivity index (χ3n) is 4.50. The molecule has 22 heavy (non-hydrogen) atoms. The molecule has 2 fully saturated rings. The summed E-state index contributed by atoms with van der Waals surface area (Å²) in [6.07, 6.45) is 1.98. The third-order valence-corrected chi connectivity index (χ3v) is 4.50. The van der Waals surface area contributed by atoms with Crippen LogP contribution in [0.1, 0.15) is 33.6 Å². The molecule has 6 heteroatoms. The molecule has 2 aliphatic rings. The average molecular weight is 311 g/mol. The van der Waals surface area contributed by atoms with E-state index < -0.39 is 0 Å². The van der Waals surface area contributed by atoms with Crippen molar-refractivity contribution in [3.8, 4) is 0 Å². The van der Waals surface area contributed by atoms with E-state index in [9.17, 15) is 9.59 Å². The van der Waals surface area contributed by atoms with E-state index in [-0.39, 0.29) is 29.9 Å². The predicted octanol–water partition coefficient (Wildman–Crippen LogP) is 0.374. The smallest absolute Gasteiger partial charge is 0.242 e. The SMILES string of the molecule is CC(C)C(=O)NCC1CCCN(C(=O)[C@H]2NCCO[C@@H]2C)C1. The molecular formula is C16H29N3O3. The van der Waals surface area contributed by atoms with Crippen LogP contribution in [-0.2, 0) is 14.3 Å². The van der Waals surface area contributed by atoms with Gasteiger partial charge in [0.1, 0.15) is 6.04 Å². The molecule has 2 heterocycles. The first kappa shape index (κ1) is 17.2. The van der Waals surface area contributed by atoms with E-state index in [0.29, 0.717) is 19.1 Å². The number of morpholine rings is 1. The molecule has 0 radical (unpaired) electrons. The highest BCUT2D eigenvalue weighted by Crippen LogP contribution is 2.18. The average Bonchev–Trinajstić information content (AvgIpc) is 2.52. The van der Waals surface area contributed by atoms with Gasteiger partial charge in [-0.3, -0.25) is 9.59 Å². The highest BCUT2D eigenvalue weighted by atomic mass is 16.5. The summed E-state index contributed by atoms with van der Waals surface area (Å²) < 4.78 is 5.57. The summed E-state index contributed by atoms with van der Waals surface area (Å²) in [5, 5.41) is 6.24. The van der Waals surface area contributed by atoms with Crippen LogP contribution in [0.4, 0.5) is 0 Å². The lowest BCUT2D eigenvalue weighted by Gasteiger charge is -2.38. The number of carbonyl (C=O) groups is 2. The monoisotopic (exact) mass is 311 g/mol. The lowest BCUT2D eigenvalue weighted by molar-refractivity contribution is -0.141. The summed E-state index contributed by atoms with van der Waals surface area (Å²) in [6, 6.07) is -0.238. The normalized spacial score (nSPS) is 29.5. The first-order chi connectivity index (χ1) is 10.5. The Bertz CT molecular complexity index is 400. The van der Waals surface area contributed by atoms with Crippen LogP contribution in [0.2, 0.25) is 0 Å². The van der Waals surface area contributed by atoms with Gasteiger partial charge in [0.25, 0.3) is 0 Å². The Morgan fingerprint density at radius 1 is 1.41 bits per heavy atom.